The average molecular weight is 237 g/mol. The molecule has 3 heteroatoms. The van der Waals surface area contributed by atoms with Crippen molar-refractivity contribution < 1.29 is 9.13 Å². The van der Waals surface area contributed by atoms with Crippen LogP contribution in [0.25, 0.3) is 0 Å². The standard InChI is InChI=1S/C14H20FNO/c1-11-3-4-14(13(15)9-11)17-10-12-5-7-16(2)8-6-12/h3-4,9,12H,5-8,10H2,1-2H3. The molecule has 1 aliphatic rings. The molecule has 0 spiro atoms. The van der Waals surface area contributed by atoms with Crippen LogP contribution in [0.2, 0.25) is 0 Å². The molecule has 0 radical (unpaired) electrons. The maximum atomic E-state index is 13.5. The van der Waals surface area contributed by atoms with E-state index in [9.17, 15) is 4.39 Å². The van der Waals surface area contributed by atoms with Gasteiger partial charge in [-0.3, -0.25) is 0 Å². The monoisotopic (exact) mass is 237 g/mol. The number of likely N-dealkylation sites (tertiary alicyclic amines) is 1. The molecule has 0 bridgehead atoms. The van der Waals surface area contributed by atoms with Gasteiger partial charge in [0.25, 0.3) is 0 Å². The summed E-state index contributed by atoms with van der Waals surface area (Å²) >= 11 is 0. The van der Waals surface area contributed by atoms with Crippen LogP contribution in [0.1, 0.15) is 18.4 Å². The van der Waals surface area contributed by atoms with Crippen LogP contribution in [0.4, 0.5) is 4.39 Å². The summed E-state index contributed by atoms with van der Waals surface area (Å²) in [5, 5.41) is 0. The molecule has 17 heavy (non-hydrogen) atoms. The number of rotatable bonds is 3. The number of nitrogens with zero attached hydrogens (tertiary/aromatic N) is 1. The second-order valence-corrected chi connectivity index (χ2v) is 4.99. The highest BCUT2D eigenvalue weighted by Gasteiger charge is 2.17. The van der Waals surface area contributed by atoms with Gasteiger partial charge in [-0.2, -0.15) is 0 Å². The van der Waals surface area contributed by atoms with Crippen LogP contribution in [0, 0.1) is 18.7 Å². The van der Waals surface area contributed by atoms with E-state index in [0.717, 1.165) is 31.5 Å². The van der Waals surface area contributed by atoms with Crippen molar-refractivity contribution in [3.8, 4) is 5.75 Å². The molecule has 0 saturated carbocycles. The van der Waals surface area contributed by atoms with E-state index in [2.05, 4.69) is 11.9 Å². The Kier molecular flexibility index (Phi) is 4.00. The molecule has 0 N–H and O–H groups in total. The first-order chi connectivity index (χ1) is 8.15. The summed E-state index contributed by atoms with van der Waals surface area (Å²) in [6.07, 6.45) is 2.29. The van der Waals surface area contributed by atoms with E-state index >= 15 is 0 Å². The van der Waals surface area contributed by atoms with Crippen molar-refractivity contribution in [2.45, 2.75) is 19.8 Å². The van der Waals surface area contributed by atoms with Gasteiger partial charge >= 0.3 is 0 Å². The fourth-order valence-corrected chi connectivity index (χ4v) is 2.16. The van der Waals surface area contributed by atoms with Crippen LogP contribution < -0.4 is 4.74 Å². The average Bonchev–Trinajstić information content (AvgIpc) is 2.30. The molecular formula is C14H20FNO. The quantitative estimate of drug-likeness (QED) is 0.801. The molecule has 0 atom stereocenters. The van der Waals surface area contributed by atoms with Crippen molar-refractivity contribution in [3.63, 3.8) is 0 Å². The van der Waals surface area contributed by atoms with Crippen LogP contribution in [0.5, 0.6) is 5.75 Å². The van der Waals surface area contributed by atoms with Crippen molar-refractivity contribution in [1.82, 2.24) is 4.90 Å². The van der Waals surface area contributed by atoms with Gasteiger partial charge < -0.3 is 9.64 Å². The van der Waals surface area contributed by atoms with E-state index in [1.807, 2.05) is 13.0 Å². The second-order valence-electron chi connectivity index (χ2n) is 4.99. The van der Waals surface area contributed by atoms with E-state index in [4.69, 9.17) is 4.74 Å². The molecule has 1 aromatic rings. The van der Waals surface area contributed by atoms with Gasteiger partial charge in [0.05, 0.1) is 6.61 Å². The first-order valence-electron chi connectivity index (χ1n) is 6.22. The highest BCUT2D eigenvalue weighted by atomic mass is 19.1. The minimum Gasteiger partial charge on any atom is -0.490 e. The molecule has 0 aromatic heterocycles. The molecule has 1 heterocycles. The van der Waals surface area contributed by atoms with E-state index in [1.54, 1.807) is 6.07 Å². The Labute approximate surface area is 102 Å². The molecule has 2 rings (SSSR count). The van der Waals surface area contributed by atoms with E-state index in [0.29, 0.717) is 18.3 Å². The topological polar surface area (TPSA) is 12.5 Å². The molecule has 0 aliphatic carbocycles. The Hall–Kier alpha value is -1.09. The van der Waals surface area contributed by atoms with Gasteiger partial charge in [0.15, 0.2) is 11.6 Å². The molecule has 94 valence electrons. The number of hydrogen-bond donors (Lipinski definition) is 0. The zero-order chi connectivity index (χ0) is 12.3. The van der Waals surface area contributed by atoms with Crippen molar-refractivity contribution >= 4 is 0 Å². The number of halogens is 1. The summed E-state index contributed by atoms with van der Waals surface area (Å²) < 4.78 is 19.1. The number of aryl methyl sites for hydroxylation is 1. The molecule has 0 amide bonds. The Bertz CT molecular complexity index is 372. The van der Waals surface area contributed by atoms with Gasteiger partial charge in [-0.05, 0) is 63.5 Å². The highest BCUT2D eigenvalue weighted by Crippen LogP contribution is 2.21. The Morgan fingerprint density at radius 3 is 2.71 bits per heavy atom. The maximum absolute atomic E-state index is 13.5. The van der Waals surface area contributed by atoms with Gasteiger partial charge in [-0.25, -0.2) is 4.39 Å². The van der Waals surface area contributed by atoms with Gasteiger partial charge in [-0.15, -0.1) is 0 Å². The van der Waals surface area contributed by atoms with Gasteiger partial charge in [0.2, 0.25) is 0 Å². The van der Waals surface area contributed by atoms with Crippen LogP contribution in [0.15, 0.2) is 18.2 Å². The Morgan fingerprint density at radius 2 is 2.06 bits per heavy atom. The predicted molar refractivity (Wildman–Crippen MR) is 66.9 cm³/mol. The number of benzene rings is 1. The summed E-state index contributed by atoms with van der Waals surface area (Å²) in [6.45, 7) is 4.74. The SMILES string of the molecule is Cc1ccc(OCC2CCN(C)CC2)c(F)c1. The molecule has 1 aromatic carbocycles. The molecular weight excluding hydrogens is 217 g/mol. The van der Waals surface area contributed by atoms with Gasteiger partial charge in [0, 0.05) is 0 Å². The van der Waals surface area contributed by atoms with E-state index in [-0.39, 0.29) is 5.82 Å². The number of ether oxygens (including phenoxy) is 1. The minimum atomic E-state index is -0.252. The molecule has 1 saturated heterocycles. The molecule has 1 aliphatic heterocycles. The summed E-state index contributed by atoms with van der Waals surface area (Å²) in [6, 6.07) is 5.12. The third kappa shape index (κ3) is 3.43. The van der Waals surface area contributed by atoms with Gasteiger partial charge in [-0.1, -0.05) is 6.07 Å². The maximum Gasteiger partial charge on any atom is 0.165 e. The van der Waals surface area contributed by atoms with Crippen molar-refractivity contribution in [1.29, 1.82) is 0 Å². The lowest BCUT2D eigenvalue weighted by molar-refractivity contribution is 0.157. The van der Waals surface area contributed by atoms with Gasteiger partial charge in [0.1, 0.15) is 0 Å². The largest absolute Gasteiger partial charge is 0.490 e. The third-order valence-electron chi connectivity index (χ3n) is 3.40. The van der Waals surface area contributed by atoms with Crippen LogP contribution in [-0.4, -0.2) is 31.6 Å². The number of piperidine rings is 1. The first kappa shape index (κ1) is 12.4. The summed E-state index contributed by atoms with van der Waals surface area (Å²) in [7, 11) is 2.14. The van der Waals surface area contributed by atoms with Crippen molar-refractivity contribution in [2.75, 3.05) is 26.7 Å². The Balaban J connectivity index is 1.85. The molecule has 1 fully saturated rings. The summed E-state index contributed by atoms with van der Waals surface area (Å²) in [5.41, 5.74) is 0.925. The Morgan fingerprint density at radius 1 is 1.35 bits per heavy atom. The van der Waals surface area contributed by atoms with Crippen molar-refractivity contribution in [3.05, 3.63) is 29.6 Å². The van der Waals surface area contributed by atoms with Crippen LogP contribution in [0.3, 0.4) is 0 Å². The predicted octanol–water partition coefficient (Wildman–Crippen LogP) is 2.85. The first-order valence-corrected chi connectivity index (χ1v) is 6.22. The van der Waals surface area contributed by atoms with Crippen LogP contribution >= 0.6 is 0 Å². The minimum absolute atomic E-state index is 0.252. The van der Waals surface area contributed by atoms with Crippen LogP contribution in [-0.2, 0) is 0 Å². The zero-order valence-electron chi connectivity index (χ0n) is 10.6. The zero-order valence-corrected chi connectivity index (χ0v) is 10.6. The molecule has 0 unspecified atom stereocenters. The second kappa shape index (κ2) is 5.50. The summed E-state index contributed by atoms with van der Waals surface area (Å²) in [4.78, 5) is 2.32. The lowest BCUT2D eigenvalue weighted by atomic mass is 9.98. The lowest BCUT2D eigenvalue weighted by Crippen LogP contribution is -2.32. The lowest BCUT2D eigenvalue weighted by Gasteiger charge is -2.28. The fraction of sp³-hybridized carbons (Fsp3) is 0.571. The normalized spacial score (nSPS) is 18.3. The molecule has 2 nitrogen and oxygen atoms in total. The smallest absolute Gasteiger partial charge is 0.165 e. The highest BCUT2D eigenvalue weighted by molar-refractivity contribution is 5.28. The number of hydrogen-bond acceptors (Lipinski definition) is 2. The summed E-state index contributed by atoms with van der Waals surface area (Å²) in [5.74, 6) is 0.694. The van der Waals surface area contributed by atoms with E-state index in [1.165, 1.54) is 6.07 Å². The third-order valence-corrected chi connectivity index (χ3v) is 3.40. The fourth-order valence-electron chi connectivity index (χ4n) is 2.16. The van der Waals surface area contributed by atoms with Crippen molar-refractivity contribution in [2.24, 2.45) is 5.92 Å². The van der Waals surface area contributed by atoms with E-state index < -0.39 is 0 Å².